The third-order valence-electron chi connectivity index (χ3n) is 6.84. The number of nitrogens with zero attached hydrogens (tertiary/aromatic N) is 3. The van der Waals surface area contributed by atoms with Crippen molar-refractivity contribution in [1.29, 1.82) is 0 Å². The molecule has 0 unspecified atom stereocenters. The summed E-state index contributed by atoms with van der Waals surface area (Å²) in [5.74, 6) is 0.545. The standard InChI is InChI=1S/C26H30F3N3O3/c1-35-23-8-2-19(3-9-23)18-30-14-16-32(17-15-30)25(34)21-10-12-31(13-11-21)24(33)20-4-6-22(7-5-20)26(27,28)29/h2-9,21H,10-18H2,1H3. The Morgan fingerprint density at radius 2 is 1.46 bits per heavy atom. The van der Waals surface area contributed by atoms with E-state index in [0.29, 0.717) is 39.0 Å². The third kappa shape index (κ3) is 6.14. The fourth-order valence-electron chi connectivity index (χ4n) is 4.69. The Bertz CT molecular complexity index is 1010. The Morgan fingerprint density at radius 1 is 0.857 bits per heavy atom. The molecule has 2 amide bonds. The number of methoxy groups -OCH3 is 1. The monoisotopic (exact) mass is 489 g/mol. The summed E-state index contributed by atoms with van der Waals surface area (Å²) in [6.07, 6.45) is -3.30. The molecule has 6 nitrogen and oxygen atoms in total. The van der Waals surface area contributed by atoms with E-state index >= 15 is 0 Å². The molecule has 0 spiro atoms. The number of hydrogen-bond donors (Lipinski definition) is 0. The number of halogens is 3. The van der Waals surface area contributed by atoms with Crippen LogP contribution in [0.2, 0.25) is 0 Å². The number of rotatable bonds is 5. The highest BCUT2D eigenvalue weighted by Gasteiger charge is 2.33. The number of alkyl halides is 3. The summed E-state index contributed by atoms with van der Waals surface area (Å²) in [5.41, 5.74) is 0.661. The molecule has 2 aliphatic rings. The Labute approximate surface area is 203 Å². The first kappa shape index (κ1) is 25.0. The van der Waals surface area contributed by atoms with Gasteiger partial charge < -0.3 is 14.5 Å². The van der Waals surface area contributed by atoms with Crippen molar-refractivity contribution in [3.63, 3.8) is 0 Å². The quantitative estimate of drug-likeness (QED) is 0.639. The Balaban J connectivity index is 1.23. The SMILES string of the molecule is COc1ccc(CN2CCN(C(=O)C3CCN(C(=O)c4ccc(C(F)(F)F)cc4)CC3)CC2)cc1. The number of ether oxygens (including phenoxy) is 1. The molecule has 0 aromatic heterocycles. The molecule has 0 N–H and O–H groups in total. The van der Waals surface area contributed by atoms with Crippen LogP contribution in [0.5, 0.6) is 5.75 Å². The summed E-state index contributed by atoms with van der Waals surface area (Å²) < 4.78 is 43.5. The van der Waals surface area contributed by atoms with E-state index < -0.39 is 11.7 Å². The molecule has 2 fully saturated rings. The van der Waals surface area contributed by atoms with Crippen molar-refractivity contribution in [2.24, 2.45) is 5.92 Å². The smallest absolute Gasteiger partial charge is 0.416 e. The third-order valence-corrected chi connectivity index (χ3v) is 6.84. The molecule has 0 aliphatic carbocycles. The number of benzene rings is 2. The van der Waals surface area contributed by atoms with Crippen LogP contribution in [0, 0.1) is 5.92 Å². The average Bonchev–Trinajstić information content (AvgIpc) is 2.88. The van der Waals surface area contributed by atoms with Gasteiger partial charge in [0.25, 0.3) is 5.91 Å². The lowest BCUT2D eigenvalue weighted by Crippen LogP contribution is -2.51. The molecule has 2 aliphatic heterocycles. The van der Waals surface area contributed by atoms with Gasteiger partial charge >= 0.3 is 6.18 Å². The largest absolute Gasteiger partial charge is 0.497 e. The van der Waals surface area contributed by atoms with E-state index in [2.05, 4.69) is 17.0 Å². The second-order valence-corrected chi connectivity index (χ2v) is 9.09. The van der Waals surface area contributed by atoms with Crippen molar-refractivity contribution in [1.82, 2.24) is 14.7 Å². The van der Waals surface area contributed by atoms with Crippen molar-refractivity contribution in [3.8, 4) is 5.75 Å². The maximum atomic E-state index is 13.1. The van der Waals surface area contributed by atoms with Crippen LogP contribution >= 0.6 is 0 Å². The number of carbonyl (C=O) groups excluding carboxylic acids is 2. The molecule has 35 heavy (non-hydrogen) atoms. The van der Waals surface area contributed by atoms with Crippen LogP contribution in [-0.4, -0.2) is 72.9 Å². The molecule has 188 valence electrons. The highest BCUT2D eigenvalue weighted by molar-refractivity contribution is 5.94. The van der Waals surface area contributed by atoms with Gasteiger partial charge in [0.15, 0.2) is 0 Å². The maximum absolute atomic E-state index is 13.1. The van der Waals surface area contributed by atoms with Crippen LogP contribution in [0.4, 0.5) is 13.2 Å². The van der Waals surface area contributed by atoms with E-state index in [9.17, 15) is 22.8 Å². The Hall–Kier alpha value is -3.07. The van der Waals surface area contributed by atoms with Crippen molar-refractivity contribution in [2.45, 2.75) is 25.6 Å². The molecule has 4 rings (SSSR count). The van der Waals surface area contributed by atoms with Gasteiger partial charge in [-0.15, -0.1) is 0 Å². The summed E-state index contributed by atoms with van der Waals surface area (Å²) in [7, 11) is 1.65. The zero-order valence-electron chi connectivity index (χ0n) is 19.8. The molecular weight excluding hydrogens is 459 g/mol. The van der Waals surface area contributed by atoms with E-state index in [0.717, 1.165) is 37.5 Å². The summed E-state index contributed by atoms with van der Waals surface area (Å²) in [6.45, 7) is 4.66. The topological polar surface area (TPSA) is 53.1 Å². The van der Waals surface area contributed by atoms with Crippen molar-refractivity contribution in [2.75, 3.05) is 46.4 Å². The van der Waals surface area contributed by atoms with Crippen molar-refractivity contribution in [3.05, 3.63) is 65.2 Å². The summed E-state index contributed by atoms with van der Waals surface area (Å²) in [5, 5.41) is 0. The van der Waals surface area contributed by atoms with Crippen LogP contribution in [0.3, 0.4) is 0 Å². The van der Waals surface area contributed by atoms with Crippen LogP contribution in [0.1, 0.15) is 34.3 Å². The number of carbonyl (C=O) groups is 2. The molecule has 0 atom stereocenters. The molecule has 2 heterocycles. The van der Waals surface area contributed by atoms with Gasteiger partial charge in [-0.3, -0.25) is 14.5 Å². The molecule has 9 heteroatoms. The lowest BCUT2D eigenvalue weighted by molar-refractivity contribution is -0.139. The molecule has 2 aromatic carbocycles. The predicted octanol–water partition coefficient (Wildman–Crippen LogP) is 3.91. The van der Waals surface area contributed by atoms with E-state index in [-0.39, 0.29) is 23.3 Å². The number of piperazine rings is 1. The number of piperidine rings is 1. The second kappa shape index (κ2) is 10.7. The first-order valence-electron chi connectivity index (χ1n) is 11.8. The molecular formula is C26H30F3N3O3. The molecule has 2 saturated heterocycles. The predicted molar refractivity (Wildman–Crippen MR) is 125 cm³/mol. The summed E-state index contributed by atoms with van der Waals surface area (Å²) in [4.78, 5) is 31.6. The Kier molecular flexibility index (Phi) is 7.64. The van der Waals surface area contributed by atoms with E-state index in [1.165, 1.54) is 17.7 Å². The zero-order chi connectivity index (χ0) is 25.0. The Morgan fingerprint density at radius 3 is 2.00 bits per heavy atom. The minimum atomic E-state index is -4.43. The van der Waals surface area contributed by atoms with Gasteiger partial charge in [-0.2, -0.15) is 13.2 Å². The zero-order valence-corrected chi connectivity index (χ0v) is 19.8. The van der Waals surface area contributed by atoms with Gasteiger partial charge in [0.1, 0.15) is 5.75 Å². The summed E-state index contributed by atoms with van der Waals surface area (Å²) >= 11 is 0. The molecule has 2 aromatic rings. The van der Waals surface area contributed by atoms with Crippen molar-refractivity contribution >= 4 is 11.8 Å². The van der Waals surface area contributed by atoms with Crippen LogP contribution in [0.15, 0.2) is 48.5 Å². The lowest BCUT2D eigenvalue weighted by Gasteiger charge is -2.38. The van der Waals surface area contributed by atoms with Crippen molar-refractivity contribution < 1.29 is 27.5 Å². The minimum absolute atomic E-state index is 0.125. The lowest BCUT2D eigenvalue weighted by atomic mass is 9.94. The molecule has 0 bridgehead atoms. The van der Waals surface area contributed by atoms with Gasteiger partial charge in [-0.25, -0.2) is 0 Å². The fourth-order valence-corrected chi connectivity index (χ4v) is 4.69. The van der Waals surface area contributed by atoms with Gasteiger partial charge in [0, 0.05) is 57.3 Å². The van der Waals surface area contributed by atoms with Crippen LogP contribution < -0.4 is 4.74 Å². The van der Waals surface area contributed by atoms with E-state index in [4.69, 9.17) is 4.74 Å². The fraction of sp³-hybridized carbons (Fsp3) is 0.462. The molecule has 0 saturated carbocycles. The first-order chi connectivity index (χ1) is 16.7. The number of hydrogen-bond acceptors (Lipinski definition) is 4. The van der Waals surface area contributed by atoms with Gasteiger partial charge in [-0.1, -0.05) is 12.1 Å². The van der Waals surface area contributed by atoms with Crippen LogP contribution in [0.25, 0.3) is 0 Å². The maximum Gasteiger partial charge on any atom is 0.416 e. The highest BCUT2D eigenvalue weighted by atomic mass is 19.4. The highest BCUT2D eigenvalue weighted by Crippen LogP contribution is 2.29. The van der Waals surface area contributed by atoms with Crippen LogP contribution in [-0.2, 0) is 17.5 Å². The van der Waals surface area contributed by atoms with Gasteiger partial charge in [0.2, 0.25) is 5.91 Å². The van der Waals surface area contributed by atoms with Gasteiger partial charge in [0.05, 0.1) is 12.7 Å². The van der Waals surface area contributed by atoms with E-state index in [1.54, 1.807) is 12.0 Å². The molecule has 0 radical (unpaired) electrons. The van der Waals surface area contributed by atoms with E-state index in [1.807, 2.05) is 17.0 Å². The average molecular weight is 490 g/mol. The van der Waals surface area contributed by atoms with Gasteiger partial charge in [-0.05, 0) is 54.8 Å². The minimum Gasteiger partial charge on any atom is -0.497 e. The summed E-state index contributed by atoms with van der Waals surface area (Å²) in [6, 6.07) is 12.3. The second-order valence-electron chi connectivity index (χ2n) is 9.09. The number of amides is 2. The normalized spacial score (nSPS) is 17.9. The first-order valence-corrected chi connectivity index (χ1v) is 11.8. The number of likely N-dealkylation sites (tertiary alicyclic amines) is 1.